The molecule has 2 aliphatic rings. The van der Waals surface area contributed by atoms with Crippen LogP contribution in [-0.2, 0) is 25.7 Å². The Bertz CT molecular complexity index is 772. The van der Waals surface area contributed by atoms with E-state index in [9.17, 15) is 14.4 Å². The number of halogens is 1. The summed E-state index contributed by atoms with van der Waals surface area (Å²) in [6.45, 7) is 0.412. The zero-order valence-electron chi connectivity index (χ0n) is 15.3. The summed E-state index contributed by atoms with van der Waals surface area (Å²) in [5, 5.41) is 2.42. The van der Waals surface area contributed by atoms with Crippen molar-refractivity contribution in [1.29, 1.82) is 0 Å². The van der Waals surface area contributed by atoms with Crippen LogP contribution in [0.2, 0.25) is 0 Å². The molecule has 2 amide bonds. The van der Waals surface area contributed by atoms with Crippen molar-refractivity contribution >= 4 is 52.6 Å². The van der Waals surface area contributed by atoms with Gasteiger partial charge in [0.15, 0.2) is 0 Å². The summed E-state index contributed by atoms with van der Waals surface area (Å²) in [6, 6.07) is 6.81. The molecule has 1 N–H and O–H groups in total. The molecule has 2 aliphatic heterocycles. The standard InChI is InChI=1S/C19H21IN2O5S/c1-26-14-5-3-13(4-6-14)9-27-18(25)19(7-2-8-20)10-22-16(24)15(21-12-23)17(22)28-11-19/h2-7,12,15,17H,8-11H2,1H3,(H,21,23)/t15?,17-,19?/m1/s1. The Morgan fingerprint density at radius 3 is 2.82 bits per heavy atom. The maximum Gasteiger partial charge on any atom is 0.318 e. The van der Waals surface area contributed by atoms with Gasteiger partial charge in [-0.15, -0.1) is 11.8 Å². The molecule has 2 heterocycles. The van der Waals surface area contributed by atoms with Crippen molar-refractivity contribution in [3.63, 3.8) is 0 Å². The average molecular weight is 516 g/mol. The number of methoxy groups -OCH3 is 1. The monoisotopic (exact) mass is 516 g/mol. The molecule has 0 saturated carbocycles. The van der Waals surface area contributed by atoms with Crippen LogP contribution in [0, 0.1) is 5.41 Å². The number of ether oxygens (including phenoxy) is 2. The molecule has 28 heavy (non-hydrogen) atoms. The lowest BCUT2D eigenvalue weighted by atomic mass is 9.86. The van der Waals surface area contributed by atoms with Crippen LogP contribution in [0.15, 0.2) is 36.4 Å². The van der Waals surface area contributed by atoms with Gasteiger partial charge in [0.2, 0.25) is 12.3 Å². The van der Waals surface area contributed by atoms with Crippen LogP contribution in [-0.4, -0.2) is 58.4 Å². The Balaban J connectivity index is 1.69. The molecular weight excluding hydrogens is 495 g/mol. The van der Waals surface area contributed by atoms with Gasteiger partial charge in [-0.2, -0.15) is 0 Å². The van der Waals surface area contributed by atoms with Crippen LogP contribution in [0.1, 0.15) is 5.56 Å². The van der Waals surface area contributed by atoms with Crippen molar-refractivity contribution in [1.82, 2.24) is 10.2 Å². The van der Waals surface area contributed by atoms with E-state index in [-0.39, 0.29) is 30.4 Å². The molecular formula is C19H21IN2O5S. The van der Waals surface area contributed by atoms with Gasteiger partial charge in [0.25, 0.3) is 0 Å². The Hall–Kier alpha value is -1.75. The third-order valence-corrected chi connectivity index (χ3v) is 6.87. The van der Waals surface area contributed by atoms with E-state index in [1.54, 1.807) is 12.0 Å². The summed E-state index contributed by atoms with van der Waals surface area (Å²) in [5.41, 5.74) is -0.0283. The van der Waals surface area contributed by atoms with E-state index in [1.807, 2.05) is 36.4 Å². The molecule has 3 rings (SSSR count). The number of hydrogen-bond donors (Lipinski definition) is 1. The highest BCUT2D eigenvalue weighted by Gasteiger charge is 2.56. The molecule has 0 aliphatic carbocycles. The van der Waals surface area contributed by atoms with Gasteiger partial charge in [-0.1, -0.05) is 46.9 Å². The van der Waals surface area contributed by atoms with Crippen LogP contribution in [0.25, 0.3) is 0 Å². The third-order valence-electron chi connectivity index (χ3n) is 4.81. The molecule has 0 aromatic heterocycles. The summed E-state index contributed by atoms with van der Waals surface area (Å²) in [7, 11) is 1.60. The summed E-state index contributed by atoms with van der Waals surface area (Å²) in [4.78, 5) is 37.6. The zero-order chi connectivity index (χ0) is 20.1. The average Bonchev–Trinajstić information content (AvgIpc) is 2.74. The van der Waals surface area contributed by atoms with Crippen molar-refractivity contribution in [2.45, 2.75) is 18.0 Å². The Kier molecular flexibility index (Phi) is 6.86. The zero-order valence-corrected chi connectivity index (χ0v) is 18.3. The minimum Gasteiger partial charge on any atom is -0.497 e. The second-order valence-electron chi connectivity index (χ2n) is 6.57. The van der Waals surface area contributed by atoms with Crippen molar-refractivity contribution in [2.24, 2.45) is 5.41 Å². The fourth-order valence-electron chi connectivity index (χ4n) is 3.27. The number of nitrogens with one attached hydrogen (secondary N) is 1. The number of alkyl halides is 1. The molecule has 2 unspecified atom stereocenters. The molecule has 0 spiro atoms. The van der Waals surface area contributed by atoms with Crippen LogP contribution < -0.4 is 10.1 Å². The van der Waals surface area contributed by atoms with Gasteiger partial charge in [-0.25, -0.2) is 0 Å². The SMILES string of the molecule is COc1ccc(COC(=O)C2(C=CCI)CS[C@@H]3C(NC=O)C(=O)N3C2)cc1. The molecule has 3 atom stereocenters. The van der Waals surface area contributed by atoms with E-state index in [1.165, 1.54) is 11.8 Å². The van der Waals surface area contributed by atoms with Crippen LogP contribution in [0.4, 0.5) is 0 Å². The van der Waals surface area contributed by atoms with E-state index in [4.69, 9.17) is 9.47 Å². The van der Waals surface area contributed by atoms with Gasteiger partial charge >= 0.3 is 5.97 Å². The smallest absolute Gasteiger partial charge is 0.318 e. The molecule has 1 aromatic carbocycles. The van der Waals surface area contributed by atoms with Gasteiger partial charge in [0, 0.05) is 16.7 Å². The van der Waals surface area contributed by atoms with Crippen molar-refractivity contribution in [3.8, 4) is 5.75 Å². The topological polar surface area (TPSA) is 84.9 Å². The van der Waals surface area contributed by atoms with E-state index in [2.05, 4.69) is 27.9 Å². The number of fused-ring (bicyclic) bond motifs is 1. The van der Waals surface area contributed by atoms with Gasteiger partial charge in [0.1, 0.15) is 29.2 Å². The number of rotatable bonds is 8. The lowest BCUT2D eigenvalue weighted by Gasteiger charge is -2.53. The molecule has 0 bridgehead atoms. The predicted molar refractivity (Wildman–Crippen MR) is 114 cm³/mol. The van der Waals surface area contributed by atoms with Crippen LogP contribution >= 0.6 is 34.4 Å². The first-order valence-electron chi connectivity index (χ1n) is 8.70. The quantitative estimate of drug-likeness (QED) is 0.142. The van der Waals surface area contributed by atoms with Gasteiger partial charge in [-0.3, -0.25) is 14.4 Å². The van der Waals surface area contributed by atoms with E-state index >= 15 is 0 Å². The lowest BCUT2D eigenvalue weighted by molar-refractivity contribution is -0.160. The fourth-order valence-corrected chi connectivity index (χ4v) is 5.04. The molecule has 7 nitrogen and oxygen atoms in total. The number of nitrogens with zero attached hydrogens (tertiary/aromatic N) is 1. The van der Waals surface area contributed by atoms with Crippen LogP contribution in [0.3, 0.4) is 0 Å². The molecule has 1 aromatic rings. The number of thioether (sulfide) groups is 1. The van der Waals surface area contributed by atoms with Gasteiger partial charge in [-0.05, 0) is 17.7 Å². The largest absolute Gasteiger partial charge is 0.497 e. The summed E-state index contributed by atoms with van der Waals surface area (Å²) < 4.78 is 11.5. The molecule has 150 valence electrons. The molecule has 2 fully saturated rings. The summed E-state index contributed by atoms with van der Waals surface area (Å²) in [6.07, 6.45) is 4.32. The number of amides is 2. The van der Waals surface area contributed by atoms with Gasteiger partial charge < -0.3 is 19.7 Å². The minimum atomic E-state index is -0.888. The third kappa shape index (κ3) is 4.14. The van der Waals surface area contributed by atoms with Crippen molar-refractivity contribution < 1.29 is 23.9 Å². The number of hydrogen-bond acceptors (Lipinski definition) is 6. The first kappa shape index (κ1) is 21.0. The summed E-state index contributed by atoms with van der Waals surface area (Å²) >= 11 is 3.70. The van der Waals surface area contributed by atoms with E-state index in [0.717, 1.165) is 15.7 Å². The highest BCUT2D eigenvalue weighted by atomic mass is 127. The maximum atomic E-state index is 13.0. The number of benzene rings is 1. The number of allylic oxidation sites excluding steroid dienone is 1. The van der Waals surface area contributed by atoms with Crippen molar-refractivity contribution in [2.75, 3.05) is 23.8 Å². The molecule has 0 radical (unpaired) electrons. The highest BCUT2D eigenvalue weighted by molar-refractivity contribution is 14.1. The number of carbonyl (C=O) groups is 3. The Morgan fingerprint density at radius 2 is 2.18 bits per heavy atom. The first-order valence-corrected chi connectivity index (χ1v) is 11.3. The highest BCUT2D eigenvalue weighted by Crippen LogP contribution is 2.43. The maximum absolute atomic E-state index is 13.0. The number of esters is 1. The Morgan fingerprint density at radius 1 is 1.43 bits per heavy atom. The van der Waals surface area contributed by atoms with Crippen LogP contribution in [0.5, 0.6) is 5.75 Å². The molecule has 9 heteroatoms. The van der Waals surface area contributed by atoms with E-state index in [0.29, 0.717) is 12.2 Å². The lowest BCUT2D eigenvalue weighted by Crippen LogP contribution is -2.72. The fraction of sp³-hybridized carbons (Fsp3) is 0.421. The molecule has 2 saturated heterocycles. The second kappa shape index (κ2) is 9.17. The normalized spacial score (nSPS) is 26.4. The summed E-state index contributed by atoms with van der Waals surface area (Å²) in [5.74, 6) is 0.711. The van der Waals surface area contributed by atoms with Gasteiger partial charge in [0.05, 0.1) is 7.11 Å². The van der Waals surface area contributed by atoms with Crippen molar-refractivity contribution in [3.05, 3.63) is 42.0 Å². The minimum absolute atomic E-state index is 0.131. The predicted octanol–water partition coefficient (Wildman–Crippen LogP) is 1.75. The number of carbonyl (C=O) groups excluding carboxylic acids is 3. The Labute approximate surface area is 181 Å². The number of β-lactam (4-membered cyclic amide) rings is 1. The van der Waals surface area contributed by atoms with E-state index < -0.39 is 11.5 Å². The first-order chi connectivity index (χ1) is 13.5. The second-order valence-corrected chi connectivity index (χ2v) is 8.55.